The van der Waals surface area contributed by atoms with Gasteiger partial charge in [0.2, 0.25) is 5.91 Å². The van der Waals surface area contributed by atoms with Gasteiger partial charge in [-0.25, -0.2) is 4.98 Å². The lowest BCUT2D eigenvalue weighted by molar-refractivity contribution is -0.134. The van der Waals surface area contributed by atoms with E-state index in [1.807, 2.05) is 10.8 Å². The highest BCUT2D eigenvalue weighted by molar-refractivity contribution is 5.76. The Balaban J connectivity index is 1.38. The quantitative estimate of drug-likeness (QED) is 0.853. The predicted molar refractivity (Wildman–Crippen MR) is 88.9 cm³/mol. The molecular weight excluding hydrogens is 288 g/mol. The molecule has 5 nitrogen and oxygen atoms in total. The van der Waals surface area contributed by atoms with Gasteiger partial charge in [-0.3, -0.25) is 9.69 Å². The lowest BCUT2D eigenvalue weighted by Crippen LogP contribution is -2.52. The van der Waals surface area contributed by atoms with E-state index in [1.165, 1.54) is 45.2 Å². The zero-order chi connectivity index (χ0) is 15.6. The molecule has 0 unspecified atom stereocenters. The van der Waals surface area contributed by atoms with Crippen LogP contribution in [0.25, 0.3) is 0 Å². The lowest BCUT2D eigenvalue weighted by Gasteiger charge is -2.43. The number of fused-ring (bicyclic) bond motifs is 1. The number of imidazole rings is 1. The van der Waals surface area contributed by atoms with Gasteiger partial charge in [0.05, 0.1) is 6.33 Å². The molecule has 1 aromatic rings. The summed E-state index contributed by atoms with van der Waals surface area (Å²) in [5.41, 5.74) is 0. The standard InChI is InChI=1S/C18H28N4O/c23-18(13-20-10-7-19-14-20)22-9-6-17-16(12-22)3-1-2-8-21(17)11-15-4-5-15/h7,10,14-17H,1-6,8-9,11-13H2/t16-,17+/m0/s1. The Labute approximate surface area is 138 Å². The third kappa shape index (κ3) is 3.60. The number of piperidine rings is 1. The number of likely N-dealkylation sites (tertiary alicyclic amines) is 2. The van der Waals surface area contributed by atoms with E-state index in [2.05, 4.69) is 14.8 Å². The molecule has 2 aliphatic heterocycles. The highest BCUT2D eigenvalue weighted by Crippen LogP contribution is 2.35. The van der Waals surface area contributed by atoms with Crippen molar-refractivity contribution in [2.45, 2.75) is 51.1 Å². The fourth-order valence-electron chi connectivity index (χ4n) is 4.39. The maximum absolute atomic E-state index is 12.6. The molecule has 23 heavy (non-hydrogen) atoms. The minimum atomic E-state index is 0.249. The SMILES string of the molecule is O=C(Cn1ccnc1)N1CC[C@@H]2[C@@H](CCCCN2CC2CC2)C1. The van der Waals surface area contributed by atoms with Gasteiger partial charge in [0.1, 0.15) is 6.54 Å². The van der Waals surface area contributed by atoms with Crippen LogP contribution in [0.4, 0.5) is 0 Å². The van der Waals surface area contributed by atoms with Crippen LogP contribution in [0.5, 0.6) is 0 Å². The van der Waals surface area contributed by atoms with Crippen LogP contribution in [-0.2, 0) is 11.3 Å². The highest BCUT2D eigenvalue weighted by Gasteiger charge is 2.37. The van der Waals surface area contributed by atoms with Crippen molar-refractivity contribution in [1.82, 2.24) is 19.4 Å². The molecule has 3 heterocycles. The lowest BCUT2D eigenvalue weighted by atomic mass is 9.88. The first kappa shape index (κ1) is 15.2. The number of nitrogens with zero attached hydrogens (tertiary/aromatic N) is 4. The Hall–Kier alpha value is -1.36. The van der Waals surface area contributed by atoms with Crippen molar-refractivity contribution in [1.29, 1.82) is 0 Å². The molecule has 1 aliphatic carbocycles. The summed E-state index contributed by atoms with van der Waals surface area (Å²) in [5.74, 6) is 1.89. The van der Waals surface area contributed by atoms with E-state index in [0.29, 0.717) is 12.5 Å². The van der Waals surface area contributed by atoms with Crippen LogP contribution >= 0.6 is 0 Å². The molecule has 0 N–H and O–H groups in total. The van der Waals surface area contributed by atoms with E-state index < -0.39 is 0 Å². The molecule has 4 rings (SSSR count). The molecule has 0 bridgehead atoms. The first-order chi connectivity index (χ1) is 11.3. The van der Waals surface area contributed by atoms with Gasteiger partial charge in [-0.05, 0) is 50.5 Å². The van der Waals surface area contributed by atoms with Crippen LogP contribution in [-0.4, -0.2) is 57.5 Å². The zero-order valence-electron chi connectivity index (χ0n) is 13.9. The maximum Gasteiger partial charge on any atom is 0.242 e. The molecule has 3 aliphatic rings. The van der Waals surface area contributed by atoms with Gasteiger partial charge in [0, 0.05) is 38.1 Å². The van der Waals surface area contributed by atoms with Gasteiger partial charge in [-0.15, -0.1) is 0 Å². The minimum Gasteiger partial charge on any atom is -0.341 e. The number of carbonyl (C=O) groups is 1. The second kappa shape index (κ2) is 6.63. The summed E-state index contributed by atoms with van der Waals surface area (Å²) in [5, 5.41) is 0. The van der Waals surface area contributed by atoms with E-state index in [0.717, 1.165) is 31.5 Å². The van der Waals surface area contributed by atoms with Crippen LogP contribution in [0.1, 0.15) is 38.5 Å². The van der Waals surface area contributed by atoms with Crippen molar-refractivity contribution in [3.8, 4) is 0 Å². The molecule has 1 aromatic heterocycles. The number of rotatable bonds is 4. The maximum atomic E-state index is 12.6. The third-order valence-corrected chi connectivity index (χ3v) is 5.85. The summed E-state index contributed by atoms with van der Waals surface area (Å²) < 4.78 is 1.88. The van der Waals surface area contributed by atoms with Gasteiger partial charge in [-0.2, -0.15) is 0 Å². The first-order valence-corrected chi connectivity index (χ1v) is 9.27. The number of hydrogen-bond donors (Lipinski definition) is 0. The zero-order valence-corrected chi connectivity index (χ0v) is 13.9. The van der Waals surface area contributed by atoms with Crippen LogP contribution in [0.2, 0.25) is 0 Å². The van der Waals surface area contributed by atoms with Gasteiger partial charge in [-0.1, -0.05) is 6.42 Å². The predicted octanol–water partition coefficient (Wildman–Crippen LogP) is 2.00. The van der Waals surface area contributed by atoms with E-state index in [1.54, 1.807) is 12.5 Å². The summed E-state index contributed by atoms with van der Waals surface area (Å²) in [4.78, 5) is 21.5. The van der Waals surface area contributed by atoms with Crippen molar-refractivity contribution in [2.24, 2.45) is 11.8 Å². The minimum absolute atomic E-state index is 0.249. The first-order valence-electron chi connectivity index (χ1n) is 9.27. The van der Waals surface area contributed by atoms with Gasteiger partial charge < -0.3 is 9.47 Å². The number of hydrogen-bond acceptors (Lipinski definition) is 3. The summed E-state index contributed by atoms with van der Waals surface area (Å²) >= 11 is 0. The van der Waals surface area contributed by atoms with Crippen LogP contribution in [0.15, 0.2) is 18.7 Å². The normalized spacial score (nSPS) is 29.1. The molecule has 126 valence electrons. The Kier molecular flexibility index (Phi) is 4.38. The topological polar surface area (TPSA) is 41.4 Å². The van der Waals surface area contributed by atoms with Crippen molar-refractivity contribution >= 4 is 5.91 Å². The average Bonchev–Trinajstić information content (AvgIpc) is 3.28. The number of aromatic nitrogens is 2. The summed E-state index contributed by atoms with van der Waals surface area (Å²) in [6.07, 6.45) is 13.3. The van der Waals surface area contributed by atoms with Crippen molar-refractivity contribution in [3.05, 3.63) is 18.7 Å². The molecule has 0 aromatic carbocycles. The second-order valence-electron chi connectivity index (χ2n) is 7.62. The molecule has 2 atom stereocenters. The third-order valence-electron chi connectivity index (χ3n) is 5.85. The van der Waals surface area contributed by atoms with Crippen LogP contribution in [0.3, 0.4) is 0 Å². The van der Waals surface area contributed by atoms with E-state index in [9.17, 15) is 4.79 Å². The monoisotopic (exact) mass is 316 g/mol. The Morgan fingerprint density at radius 3 is 2.83 bits per heavy atom. The fraction of sp³-hybridized carbons (Fsp3) is 0.778. The largest absolute Gasteiger partial charge is 0.341 e. The smallest absolute Gasteiger partial charge is 0.242 e. The van der Waals surface area contributed by atoms with Gasteiger partial charge >= 0.3 is 0 Å². The van der Waals surface area contributed by atoms with Crippen molar-refractivity contribution in [3.63, 3.8) is 0 Å². The molecular formula is C18H28N4O. The molecule has 0 radical (unpaired) electrons. The Morgan fingerprint density at radius 2 is 2.04 bits per heavy atom. The number of amides is 1. The number of carbonyl (C=O) groups excluding carboxylic acids is 1. The Bertz CT molecular complexity index is 525. The molecule has 2 saturated heterocycles. The summed E-state index contributed by atoms with van der Waals surface area (Å²) in [7, 11) is 0. The van der Waals surface area contributed by atoms with E-state index >= 15 is 0 Å². The molecule has 0 spiro atoms. The molecule has 3 fully saturated rings. The second-order valence-corrected chi connectivity index (χ2v) is 7.62. The van der Waals surface area contributed by atoms with E-state index in [-0.39, 0.29) is 5.91 Å². The molecule has 1 saturated carbocycles. The van der Waals surface area contributed by atoms with Crippen LogP contribution < -0.4 is 0 Å². The highest BCUT2D eigenvalue weighted by atomic mass is 16.2. The van der Waals surface area contributed by atoms with Crippen molar-refractivity contribution in [2.75, 3.05) is 26.2 Å². The Morgan fingerprint density at radius 1 is 1.13 bits per heavy atom. The van der Waals surface area contributed by atoms with Gasteiger partial charge in [0.15, 0.2) is 0 Å². The van der Waals surface area contributed by atoms with Crippen LogP contribution in [0, 0.1) is 11.8 Å². The van der Waals surface area contributed by atoms with Crippen molar-refractivity contribution < 1.29 is 4.79 Å². The van der Waals surface area contributed by atoms with E-state index in [4.69, 9.17) is 0 Å². The summed E-state index contributed by atoms with van der Waals surface area (Å²) in [6, 6.07) is 0.718. The molecule has 5 heteroatoms. The van der Waals surface area contributed by atoms with Gasteiger partial charge in [0.25, 0.3) is 0 Å². The fourth-order valence-corrected chi connectivity index (χ4v) is 4.39. The average molecular weight is 316 g/mol. The summed E-state index contributed by atoms with van der Waals surface area (Å²) in [6.45, 7) is 4.91. The molecule has 1 amide bonds.